The minimum Gasteiger partial charge on any atom is -0.504 e. The number of phenolic OH excluding ortho intramolecular Hbond substituents is 1. The van der Waals surface area contributed by atoms with E-state index in [1.54, 1.807) is 0 Å². The Bertz CT molecular complexity index is 404. The molecule has 0 aliphatic heterocycles. The monoisotopic (exact) mass is 227 g/mol. The normalized spacial score (nSPS) is 11.9. The third-order valence-electron chi connectivity index (χ3n) is 2.11. The van der Waals surface area contributed by atoms with Crippen LogP contribution in [0.15, 0.2) is 12.1 Å². The van der Waals surface area contributed by atoms with Gasteiger partial charge in [0, 0.05) is 0 Å². The van der Waals surface area contributed by atoms with Gasteiger partial charge in [-0.15, -0.1) is 0 Å². The van der Waals surface area contributed by atoms with Crippen LogP contribution in [0.4, 0.5) is 0 Å². The Morgan fingerprint density at radius 2 is 2.00 bits per heavy atom. The molecule has 0 spiro atoms. The summed E-state index contributed by atoms with van der Waals surface area (Å²) < 4.78 is 9.85. The molecule has 0 aliphatic carbocycles. The standard InChI is InChI=1S/C10H13NO5/c1-15-7-4-5(8(11)10(13)14)3-6(12)9(7)16-2/h3-4,8,12H,11H2,1-2H3,(H,13,14)/t8-/m0/s1. The van der Waals surface area contributed by atoms with Crippen molar-refractivity contribution in [1.29, 1.82) is 0 Å². The number of methoxy groups -OCH3 is 2. The van der Waals surface area contributed by atoms with Crippen LogP contribution in [0.25, 0.3) is 0 Å². The summed E-state index contributed by atoms with van der Waals surface area (Å²) in [5.74, 6) is -1.03. The Kier molecular flexibility index (Phi) is 3.57. The zero-order valence-electron chi connectivity index (χ0n) is 8.93. The highest BCUT2D eigenvalue weighted by Gasteiger charge is 2.19. The maximum atomic E-state index is 10.7. The van der Waals surface area contributed by atoms with Crippen molar-refractivity contribution in [3.63, 3.8) is 0 Å². The van der Waals surface area contributed by atoms with Crippen LogP contribution in [0.1, 0.15) is 11.6 Å². The largest absolute Gasteiger partial charge is 0.504 e. The molecule has 16 heavy (non-hydrogen) atoms. The summed E-state index contributed by atoms with van der Waals surface area (Å²) in [5, 5.41) is 18.3. The van der Waals surface area contributed by atoms with Crippen molar-refractivity contribution in [1.82, 2.24) is 0 Å². The zero-order chi connectivity index (χ0) is 12.3. The van der Waals surface area contributed by atoms with Crippen LogP contribution in [-0.2, 0) is 4.79 Å². The van der Waals surface area contributed by atoms with E-state index in [4.69, 9.17) is 20.3 Å². The Hall–Kier alpha value is -1.95. The van der Waals surface area contributed by atoms with E-state index in [2.05, 4.69) is 0 Å². The summed E-state index contributed by atoms with van der Waals surface area (Å²) in [6.07, 6.45) is 0. The van der Waals surface area contributed by atoms with Crippen molar-refractivity contribution in [2.45, 2.75) is 6.04 Å². The average Bonchev–Trinajstić information content (AvgIpc) is 2.26. The second-order valence-electron chi connectivity index (χ2n) is 3.09. The number of ether oxygens (including phenoxy) is 2. The molecule has 6 heteroatoms. The number of hydrogen-bond donors (Lipinski definition) is 3. The number of carboxylic acid groups (broad SMARTS) is 1. The van der Waals surface area contributed by atoms with Crippen LogP contribution in [0.3, 0.4) is 0 Å². The van der Waals surface area contributed by atoms with Gasteiger partial charge in [0.05, 0.1) is 14.2 Å². The molecule has 0 saturated heterocycles. The SMILES string of the molecule is COc1cc([C@H](N)C(=O)O)cc(O)c1OC. The van der Waals surface area contributed by atoms with Gasteiger partial charge < -0.3 is 25.4 Å². The Morgan fingerprint density at radius 3 is 2.44 bits per heavy atom. The van der Waals surface area contributed by atoms with Gasteiger partial charge in [0.1, 0.15) is 6.04 Å². The van der Waals surface area contributed by atoms with Crippen molar-refractivity contribution in [2.75, 3.05) is 14.2 Å². The minimum atomic E-state index is -1.22. The van der Waals surface area contributed by atoms with Gasteiger partial charge in [-0.25, -0.2) is 0 Å². The molecule has 1 rings (SSSR count). The van der Waals surface area contributed by atoms with Crippen LogP contribution in [0.2, 0.25) is 0 Å². The summed E-state index contributed by atoms with van der Waals surface area (Å²) in [7, 11) is 2.75. The molecule has 0 unspecified atom stereocenters. The number of rotatable bonds is 4. The predicted molar refractivity (Wildman–Crippen MR) is 55.8 cm³/mol. The molecule has 4 N–H and O–H groups in total. The number of carbonyl (C=O) groups is 1. The molecule has 0 fully saturated rings. The number of aliphatic carboxylic acids is 1. The maximum Gasteiger partial charge on any atom is 0.325 e. The first-order valence-electron chi connectivity index (χ1n) is 4.44. The third kappa shape index (κ3) is 2.17. The van der Waals surface area contributed by atoms with E-state index >= 15 is 0 Å². The maximum absolute atomic E-state index is 10.7. The number of benzene rings is 1. The highest BCUT2D eigenvalue weighted by Crippen LogP contribution is 2.38. The van der Waals surface area contributed by atoms with Crippen molar-refractivity contribution < 1.29 is 24.5 Å². The van der Waals surface area contributed by atoms with Gasteiger partial charge in [0.2, 0.25) is 5.75 Å². The van der Waals surface area contributed by atoms with E-state index in [0.29, 0.717) is 0 Å². The molecule has 88 valence electrons. The van der Waals surface area contributed by atoms with Crippen LogP contribution in [0.5, 0.6) is 17.2 Å². The molecule has 1 atom stereocenters. The van der Waals surface area contributed by atoms with E-state index in [1.807, 2.05) is 0 Å². The van der Waals surface area contributed by atoms with Gasteiger partial charge >= 0.3 is 5.97 Å². The Balaban J connectivity index is 3.25. The van der Waals surface area contributed by atoms with Crippen LogP contribution >= 0.6 is 0 Å². The highest BCUT2D eigenvalue weighted by molar-refractivity contribution is 5.76. The molecule has 0 aromatic heterocycles. The summed E-state index contributed by atoms with van der Waals surface area (Å²) in [4.78, 5) is 10.7. The molecular formula is C10H13NO5. The first kappa shape index (κ1) is 12.1. The van der Waals surface area contributed by atoms with Gasteiger partial charge in [-0.3, -0.25) is 4.79 Å². The molecule has 0 saturated carbocycles. The number of nitrogens with two attached hydrogens (primary N) is 1. The van der Waals surface area contributed by atoms with E-state index in [9.17, 15) is 9.90 Å². The molecule has 0 amide bonds. The Labute approximate surface area is 92.2 Å². The van der Waals surface area contributed by atoms with E-state index in [0.717, 1.165) is 0 Å². The molecule has 0 bridgehead atoms. The summed E-state index contributed by atoms with van der Waals surface area (Å²) in [6.45, 7) is 0. The molecule has 0 aliphatic rings. The molecule has 6 nitrogen and oxygen atoms in total. The van der Waals surface area contributed by atoms with Crippen molar-refractivity contribution >= 4 is 5.97 Å². The first-order valence-corrected chi connectivity index (χ1v) is 4.44. The second-order valence-corrected chi connectivity index (χ2v) is 3.09. The van der Waals surface area contributed by atoms with Crippen LogP contribution in [0, 0.1) is 0 Å². The molecule has 1 aromatic rings. The predicted octanol–water partition coefficient (Wildman–Crippen LogP) is 0.494. The van der Waals surface area contributed by atoms with Gasteiger partial charge in [0.25, 0.3) is 0 Å². The Morgan fingerprint density at radius 1 is 1.38 bits per heavy atom. The number of carboxylic acids is 1. The first-order chi connectivity index (χ1) is 7.51. The lowest BCUT2D eigenvalue weighted by atomic mass is 10.1. The number of hydrogen-bond acceptors (Lipinski definition) is 5. The fourth-order valence-corrected chi connectivity index (χ4v) is 1.29. The number of phenols is 1. The van der Waals surface area contributed by atoms with E-state index in [-0.39, 0.29) is 22.8 Å². The lowest BCUT2D eigenvalue weighted by Crippen LogP contribution is -2.20. The van der Waals surface area contributed by atoms with Gasteiger partial charge in [0.15, 0.2) is 11.5 Å². The summed E-state index contributed by atoms with van der Waals surface area (Å²) in [5.41, 5.74) is 5.65. The number of aromatic hydroxyl groups is 1. The smallest absolute Gasteiger partial charge is 0.325 e. The summed E-state index contributed by atoms with van der Waals surface area (Å²) >= 11 is 0. The zero-order valence-corrected chi connectivity index (χ0v) is 8.93. The van der Waals surface area contributed by atoms with Gasteiger partial charge in [-0.2, -0.15) is 0 Å². The van der Waals surface area contributed by atoms with Gasteiger partial charge in [-0.1, -0.05) is 0 Å². The minimum absolute atomic E-state index is 0.142. The quantitative estimate of drug-likeness (QED) is 0.692. The molecule has 1 aromatic carbocycles. The van der Waals surface area contributed by atoms with Crippen molar-refractivity contribution in [3.05, 3.63) is 17.7 Å². The summed E-state index contributed by atoms with van der Waals surface area (Å²) in [6, 6.07) is 1.43. The van der Waals surface area contributed by atoms with E-state index < -0.39 is 12.0 Å². The van der Waals surface area contributed by atoms with Crippen molar-refractivity contribution in [3.8, 4) is 17.2 Å². The molecule has 0 heterocycles. The fourth-order valence-electron chi connectivity index (χ4n) is 1.29. The lowest BCUT2D eigenvalue weighted by molar-refractivity contribution is -0.138. The highest BCUT2D eigenvalue weighted by atomic mass is 16.5. The average molecular weight is 227 g/mol. The molecular weight excluding hydrogens is 214 g/mol. The van der Waals surface area contributed by atoms with Crippen LogP contribution in [-0.4, -0.2) is 30.4 Å². The fraction of sp³-hybridized carbons (Fsp3) is 0.300. The van der Waals surface area contributed by atoms with E-state index in [1.165, 1.54) is 26.4 Å². The van der Waals surface area contributed by atoms with Gasteiger partial charge in [-0.05, 0) is 17.7 Å². The van der Waals surface area contributed by atoms with Crippen molar-refractivity contribution in [2.24, 2.45) is 5.73 Å². The second kappa shape index (κ2) is 4.71. The third-order valence-corrected chi connectivity index (χ3v) is 2.11. The molecule has 0 radical (unpaired) electrons. The van der Waals surface area contributed by atoms with Crippen LogP contribution < -0.4 is 15.2 Å². The lowest BCUT2D eigenvalue weighted by Gasteiger charge is -2.13. The topological polar surface area (TPSA) is 102 Å².